The van der Waals surface area contributed by atoms with Gasteiger partial charge in [0, 0.05) is 5.41 Å². The smallest absolute Gasteiger partial charge is 0.0846 e. The number of benzene rings is 2. The topological polar surface area (TPSA) is 20.2 Å². The summed E-state index contributed by atoms with van der Waals surface area (Å²) in [5, 5.41) is 11.1. The molecular formula is C26H35O. The van der Waals surface area contributed by atoms with E-state index >= 15 is 0 Å². The summed E-state index contributed by atoms with van der Waals surface area (Å²) in [6.07, 6.45) is 11.8. The summed E-state index contributed by atoms with van der Waals surface area (Å²) in [7, 11) is 0. The molecule has 2 aromatic rings. The van der Waals surface area contributed by atoms with Crippen LogP contribution < -0.4 is 0 Å². The fraction of sp³-hybridized carbons (Fsp3) is 0.538. The van der Waals surface area contributed by atoms with Crippen LogP contribution in [0.15, 0.2) is 42.5 Å². The third kappa shape index (κ3) is 4.82. The highest BCUT2D eigenvalue weighted by Crippen LogP contribution is 2.53. The number of unbranched alkanes of at least 4 members (excludes halogenated alkanes) is 3. The highest BCUT2D eigenvalue weighted by Gasteiger charge is 2.43. The average molecular weight is 364 g/mol. The summed E-state index contributed by atoms with van der Waals surface area (Å²) < 4.78 is 0. The zero-order valence-electron chi connectivity index (χ0n) is 17.1. The lowest BCUT2D eigenvalue weighted by Gasteiger charge is -2.46. The molecule has 0 aromatic heterocycles. The fourth-order valence-corrected chi connectivity index (χ4v) is 4.61. The standard InChI is InChI=1S/C26H35O/c1-3-5-6-7-11-21-12-8-13-22(19-21)23-14-9-15-24(20-23)25(27)26(16-4-2)17-10-18-26/h8-9,12,14-15,19-20,25,27H,3-7,10-11,16-18H2,1-2H3. The Morgan fingerprint density at radius 2 is 1.89 bits per heavy atom. The van der Waals surface area contributed by atoms with Crippen molar-refractivity contribution < 1.29 is 5.11 Å². The van der Waals surface area contributed by atoms with Gasteiger partial charge in [-0.05, 0) is 66.5 Å². The van der Waals surface area contributed by atoms with Crippen molar-refractivity contribution in [2.24, 2.45) is 5.41 Å². The van der Waals surface area contributed by atoms with Gasteiger partial charge in [0.15, 0.2) is 0 Å². The van der Waals surface area contributed by atoms with Crippen molar-refractivity contribution in [2.45, 2.75) is 84.2 Å². The molecule has 145 valence electrons. The monoisotopic (exact) mass is 363 g/mol. The van der Waals surface area contributed by atoms with Crippen LogP contribution in [-0.2, 0) is 6.42 Å². The van der Waals surface area contributed by atoms with Crippen molar-refractivity contribution in [3.8, 4) is 11.1 Å². The Kier molecular flexibility index (Phi) is 7.13. The lowest BCUT2D eigenvalue weighted by atomic mass is 9.61. The molecule has 1 fully saturated rings. The fourth-order valence-electron chi connectivity index (χ4n) is 4.61. The van der Waals surface area contributed by atoms with E-state index in [2.05, 4.69) is 62.4 Å². The highest BCUT2D eigenvalue weighted by atomic mass is 16.3. The van der Waals surface area contributed by atoms with Gasteiger partial charge in [-0.2, -0.15) is 0 Å². The molecule has 0 bridgehead atoms. The van der Waals surface area contributed by atoms with E-state index in [0.29, 0.717) is 0 Å². The predicted octanol–water partition coefficient (Wildman–Crippen LogP) is 7.28. The number of aliphatic hydroxyl groups excluding tert-OH is 1. The number of aryl methyl sites for hydroxylation is 1. The van der Waals surface area contributed by atoms with Crippen LogP contribution in [0.2, 0.25) is 0 Å². The molecular weight excluding hydrogens is 328 g/mol. The Bertz CT molecular complexity index is 714. The molecule has 1 heteroatoms. The van der Waals surface area contributed by atoms with E-state index < -0.39 is 0 Å². The first-order chi connectivity index (χ1) is 13.2. The Balaban J connectivity index is 1.75. The quantitative estimate of drug-likeness (QED) is 0.440. The van der Waals surface area contributed by atoms with Crippen LogP contribution in [-0.4, -0.2) is 5.11 Å². The first kappa shape index (κ1) is 20.1. The van der Waals surface area contributed by atoms with Crippen molar-refractivity contribution >= 4 is 0 Å². The van der Waals surface area contributed by atoms with Crippen LogP contribution in [0.4, 0.5) is 0 Å². The molecule has 1 saturated carbocycles. The third-order valence-corrected chi connectivity index (χ3v) is 6.38. The van der Waals surface area contributed by atoms with Gasteiger partial charge in [-0.15, -0.1) is 0 Å². The molecule has 0 saturated heterocycles. The lowest BCUT2D eigenvalue weighted by molar-refractivity contribution is -0.0440. The molecule has 1 radical (unpaired) electrons. The van der Waals surface area contributed by atoms with Crippen molar-refractivity contribution in [1.82, 2.24) is 0 Å². The largest absolute Gasteiger partial charge is 0.388 e. The van der Waals surface area contributed by atoms with Crippen LogP contribution in [0.1, 0.15) is 88.9 Å². The molecule has 27 heavy (non-hydrogen) atoms. The van der Waals surface area contributed by atoms with Gasteiger partial charge in [-0.1, -0.05) is 82.3 Å². The maximum Gasteiger partial charge on any atom is 0.0846 e. The molecule has 1 N–H and O–H groups in total. The summed E-state index contributed by atoms with van der Waals surface area (Å²) in [6.45, 7) is 4.48. The average Bonchev–Trinajstić information content (AvgIpc) is 2.68. The predicted molar refractivity (Wildman–Crippen MR) is 115 cm³/mol. The van der Waals surface area contributed by atoms with Crippen LogP contribution in [0.3, 0.4) is 0 Å². The lowest BCUT2D eigenvalue weighted by Crippen LogP contribution is -2.35. The molecule has 2 aromatic carbocycles. The molecule has 1 unspecified atom stereocenters. The van der Waals surface area contributed by atoms with Gasteiger partial charge in [0.25, 0.3) is 0 Å². The zero-order valence-corrected chi connectivity index (χ0v) is 17.1. The molecule has 0 heterocycles. The van der Waals surface area contributed by atoms with Crippen LogP contribution in [0.5, 0.6) is 0 Å². The number of aliphatic hydroxyl groups is 1. The van der Waals surface area contributed by atoms with Crippen molar-refractivity contribution in [3.05, 3.63) is 59.7 Å². The zero-order chi connectivity index (χ0) is 19.1. The van der Waals surface area contributed by atoms with Crippen molar-refractivity contribution in [1.29, 1.82) is 0 Å². The molecule has 0 amide bonds. The van der Waals surface area contributed by atoms with E-state index in [9.17, 15) is 5.11 Å². The van der Waals surface area contributed by atoms with Gasteiger partial charge in [0.1, 0.15) is 0 Å². The van der Waals surface area contributed by atoms with Gasteiger partial charge in [0.2, 0.25) is 0 Å². The summed E-state index contributed by atoms with van der Waals surface area (Å²) >= 11 is 0. The molecule has 0 aliphatic heterocycles. The minimum atomic E-state index is -0.344. The van der Waals surface area contributed by atoms with E-state index in [0.717, 1.165) is 43.2 Å². The van der Waals surface area contributed by atoms with Crippen LogP contribution in [0.25, 0.3) is 11.1 Å². The van der Waals surface area contributed by atoms with E-state index in [1.165, 1.54) is 43.2 Å². The number of rotatable bonds is 10. The minimum Gasteiger partial charge on any atom is -0.388 e. The number of hydrogen-bond acceptors (Lipinski definition) is 1. The maximum absolute atomic E-state index is 11.1. The second kappa shape index (κ2) is 9.55. The van der Waals surface area contributed by atoms with Gasteiger partial charge in [-0.3, -0.25) is 0 Å². The number of hydrogen-bond donors (Lipinski definition) is 1. The Morgan fingerprint density at radius 3 is 2.59 bits per heavy atom. The Hall–Kier alpha value is -1.60. The molecule has 1 nitrogen and oxygen atoms in total. The second-order valence-corrected chi connectivity index (χ2v) is 8.42. The highest BCUT2D eigenvalue weighted by molar-refractivity contribution is 5.64. The van der Waals surface area contributed by atoms with E-state index in [1.54, 1.807) is 0 Å². The third-order valence-electron chi connectivity index (χ3n) is 6.38. The first-order valence-corrected chi connectivity index (χ1v) is 11.0. The Labute approximate surface area is 165 Å². The van der Waals surface area contributed by atoms with Gasteiger partial charge < -0.3 is 5.11 Å². The van der Waals surface area contributed by atoms with Crippen molar-refractivity contribution in [2.75, 3.05) is 0 Å². The van der Waals surface area contributed by atoms with Crippen LogP contribution >= 0.6 is 0 Å². The molecule has 1 aliphatic rings. The van der Waals surface area contributed by atoms with E-state index in [1.807, 2.05) is 0 Å². The van der Waals surface area contributed by atoms with E-state index in [-0.39, 0.29) is 11.5 Å². The summed E-state index contributed by atoms with van der Waals surface area (Å²) in [6, 6.07) is 18.5. The molecule has 1 aliphatic carbocycles. The second-order valence-electron chi connectivity index (χ2n) is 8.42. The normalized spacial score (nSPS) is 16.7. The SMILES string of the molecule is CCCCCCc1cc[c]c(-c2cccc(C(O)C3(CCC)CCC3)c2)c1. The van der Waals surface area contributed by atoms with Gasteiger partial charge >= 0.3 is 0 Å². The minimum absolute atomic E-state index is 0.109. The van der Waals surface area contributed by atoms with E-state index in [4.69, 9.17) is 0 Å². The maximum atomic E-state index is 11.1. The molecule has 1 atom stereocenters. The van der Waals surface area contributed by atoms with Gasteiger partial charge in [0.05, 0.1) is 6.10 Å². The molecule has 3 rings (SSSR count). The van der Waals surface area contributed by atoms with Crippen LogP contribution in [0, 0.1) is 11.5 Å². The summed E-state index contributed by atoms with van der Waals surface area (Å²) in [5.41, 5.74) is 4.90. The Morgan fingerprint density at radius 1 is 1.04 bits per heavy atom. The van der Waals surface area contributed by atoms with Gasteiger partial charge in [-0.25, -0.2) is 0 Å². The summed E-state index contributed by atoms with van der Waals surface area (Å²) in [4.78, 5) is 0. The van der Waals surface area contributed by atoms with Crippen molar-refractivity contribution in [3.63, 3.8) is 0 Å². The molecule has 0 spiro atoms. The summed E-state index contributed by atoms with van der Waals surface area (Å²) in [5.74, 6) is 0. The first-order valence-electron chi connectivity index (χ1n) is 11.0.